The molecule has 6 rings (SSSR count). The number of aliphatic hydroxyl groups excluding tert-OH is 1. The molecule has 1 aliphatic carbocycles. The lowest BCUT2D eigenvalue weighted by Gasteiger charge is -2.40. The summed E-state index contributed by atoms with van der Waals surface area (Å²) in [5.41, 5.74) is 1.10. The number of benzene rings is 1. The molecule has 9 nitrogen and oxygen atoms in total. The van der Waals surface area contributed by atoms with E-state index < -0.39 is 6.43 Å². The maximum absolute atomic E-state index is 14.1. The summed E-state index contributed by atoms with van der Waals surface area (Å²) in [5, 5.41) is 12.9. The van der Waals surface area contributed by atoms with Gasteiger partial charge in [-0.25, -0.2) is 13.8 Å². The quantitative estimate of drug-likeness (QED) is 0.426. The monoisotopic (exact) mass is 555 g/mol. The summed E-state index contributed by atoms with van der Waals surface area (Å²) >= 11 is 0. The number of morpholine rings is 1. The second-order valence-corrected chi connectivity index (χ2v) is 11.3. The summed E-state index contributed by atoms with van der Waals surface area (Å²) in [4.78, 5) is 18.5. The van der Waals surface area contributed by atoms with Gasteiger partial charge >= 0.3 is 0 Å². The number of hydrogen-bond donors (Lipinski definition) is 2. The number of aliphatic hydroxyl groups is 1. The maximum atomic E-state index is 14.1. The molecule has 0 amide bonds. The van der Waals surface area contributed by atoms with Gasteiger partial charge in [-0.2, -0.15) is 9.97 Å². The van der Waals surface area contributed by atoms with Crippen LogP contribution in [0.4, 0.5) is 20.5 Å². The molecule has 0 unspecified atom stereocenters. The summed E-state index contributed by atoms with van der Waals surface area (Å²) in [7, 11) is 0. The molecule has 2 aromatic heterocycles. The Labute approximate surface area is 233 Å². The second kappa shape index (κ2) is 12.3. The molecule has 2 saturated heterocycles. The number of aromatic nitrogens is 4. The van der Waals surface area contributed by atoms with Crippen LogP contribution in [0, 0.1) is 11.8 Å². The van der Waals surface area contributed by atoms with Crippen molar-refractivity contribution < 1.29 is 18.6 Å². The molecule has 0 spiro atoms. The first-order chi connectivity index (χ1) is 19.6. The van der Waals surface area contributed by atoms with E-state index >= 15 is 0 Å². The van der Waals surface area contributed by atoms with Gasteiger partial charge in [0.15, 0.2) is 5.82 Å². The zero-order valence-electron chi connectivity index (χ0n) is 22.9. The molecule has 0 atom stereocenters. The minimum Gasteiger partial charge on any atom is -0.396 e. The van der Waals surface area contributed by atoms with Crippen molar-refractivity contribution in [3.8, 4) is 5.82 Å². The van der Waals surface area contributed by atoms with Crippen LogP contribution in [0.2, 0.25) is 0 Å². The molecule has 2 N–H and O–H groups in total. The maximum Gasteiger partial charge on any atom is 0.296 e. The minimum absolute atomic E-state index is 0.317. The molecule has 216 valence electrons. The normalized spacial score (nSPS) is 23.2. The molecule has 2 aliphatic heterocycles. The molecular formula is C29H39F2N7O2. The number of likely N-dealkylation sites (tertiary alicyclic amines) is 1. The van der Waals surface area contributed by atoms with Crippen molar-refractivity contribution >= 4 is 22.8 Å². The zero-order chi connectivity index (χ0) is 27.5. The van der Waals surface area contributed by atoms with Crippen molar-refractivity contribution in [1.29, 1.82) is 0 Å². The zero-order valence-corrected chi connectivity index (χ0v) is 22.9. The highest BCUT2D eigenvalue weighted by molar-refractivity contribution is 5.78. The molecule has 40 heavy (non-hydrogen) atoms. The van der Waals surface area contributed by atoms with Gasteiger partial charge in [0.05, 0.1) is 24.2 Å². The number of nitrogens with zero attached hydrogens (tertiary/aromatic N) is 6. The van der Waals surface area contributed by atoms with Gasteiger partial charge < -0.3 is 25.0 Å². The van der Waals surface area contributed by atoms with Gasteiger partial charge in [0.1, 0.15) is 11.6 Å². The van der Waals surface area contributed by atoms with Crippen molar-refractivity contribution in [2.24, 2.45) is 11.8 Å². The van der Waals surface area contributed by atoms with Crippen LogP contribution in [0.15, 0.2) is 30.3 Å². The number of hydrogen-bond acceptors (Lipinski definition) is 8. The molecule has 3 aliphatic rings. The van der Waals surface area contributed by atoms with Crippen molar-refractivity contribution in [2.45, 2.75) is 51.0 Å². The molecule has 11 heteroatoms. The minimum atomic E-state index is -2.74. The Bertz CT molecular complexity index is 1270. The average molecular weight is 556 g/mol. The van der Waals surface area contributed by atoms with Crippen LogP contribution in [0.3, 0.4) is 0 Å². The van der Waals surface area contributed by atoms with Crippen LogP contribution in [0.5, 0.6) is 0 Å². The van der Waals surface area contributed by atoms with Crippen LogP contribution in [0.25, 0.3) is 16.9 Å². The summed E-state index contributed by atoms with van der Waals surface area (Å²) in [6, 6.07) is 9.58. The summed E-state index contributed by atoms with van der Waals surface area (Å²) in [6.45, 7) is 5.78. The SMILES string of the molecule is OCC1CCC(N2CCC(CNc3nc(N4CCOCC4)cc(-n4c(C(F)F)nc5ccccc54)n3)CC2)CC1. The van der Waals surface area contributed by atoms with E-state index in [-0.39, 0.29) is 5.82 Å². The topological polar surface area (TPSA) is 91.6 Å². The smallest absolute Gasteiger partial charge is 0.296 e. The number of ether oxygens (including phenoxy) is 1. The lowest BCUT2D eigenvalue weighted by Crippen LogP contribution is -2.44. The summed E-state index contributed by atoms with van der Waals surface area (Å²) in [5.74, 6) is 2.18. The van der Waals surface area contributed by atoms with Crippen LogP contribution < -0.4 is 10.2 Å². The van der Waals surface area contributed by atoms with Gasteiger partial charge in [-0.05, 0) is 75.6 Å². The fraction of sp³-hybridized carbons (Fsp3) is 0.621. The number of para-hydroxylation sites is 2. The number of fused-ring (bicyclic) bond motifs is 1. The Hall–Kier alpha value is -2.89. The first kappa shape index (κ1) is 27.3. The van der Waals surface area contributed by atoms with Gasteiger partial charge in [-0.1, -0.05) is 12.1 Å². The van der Waals surface area contributed by atoms with Crippen LogP contribution >= 0.6 is 0 Å². The first-order valence-corrected chi connectivity index (χ1v) is 14.7. The fourth-order valence-corrected chi connectivity index (χ4v) is 6.45. The van der Waals surface area contributed by atoms with E-state index in [1.54, 1.807) is 24.3 Å². The number of anilines is 2. The molecule has 0 bridgehead atoms. The van der Waals surface area contributed by atoms with Crippen molar-refractivity contribution in [2.75, 3.05) is 62.8 Å². The van der Waals surface area contributed by atoms with Gasteiger partial charge in [-0.15, -0.1) is 0 Å². The predicted octanol–water partition coefficient (Wildman–Crippen LogP) is 4.26. The van der Waals surface area contributed by atoms with E-state index in [4.69, 9.17) is 14.7 Å². The van der Waals surface area contributed by atoms with Crippen LogP contribution in [0.1, 0.15) is 50.8 Å². The Morgan fingerprint density at radius 2 is 1.62 bits per heavy atom. The molecule has 1 aromatic carbocycles. The third kappa shape index (κ3) is 5.91. The Balaban J connectivity index is 1.19. The largest absolute Gasteiger partial charge is 0.396 e. The highest BCUT2D eigenvalue weighted by Crippen LogP contribution is 2.31. The molecule has 3 aromatic rings. The molecule has 3 fully saturated rings. The van der Waals surface area contributed by atoms with Gasteiger partial charge in [0.25, 0.3) is 6.43 Å². The first-order valence-electron chi connectivity index (χ1n) is 14.7. The Morgan fingerprint density at radius 1 is 0.900 bits per heavy atom. The lowest BCUT2D eigenvalue weighted by molar-refractivity contribution is 0.0829. The molecule has 1 saturated carbocycles. The fourth-order valence-electron chi connectivity index (χ4n) is 6.45. The highest BCUT2D eigenvalue weighted by atomic mass is 19.3. The van der Waals surface area contributed by atoms with Gasteiger partial charge in [0.2, 0.25) is 5.95 Å². The summed E-state index contributed by atoms with van der Waals surface area (Å²) in [6.07, 6.45) is 4.08. The van der Waals surface area contributed by atoms with Crippen molar-refractivity contribution in [3.05, 3.63) is 36.2 Å². The Kier molecular flexibility index (Phi) is 8.40. The Morgan fingerprint density at radius 3 is 2.35 bits per heavy atom. The van der Waals surface area contributed by atoms with Gasteiger partial charge in [-0.3, -0.25) is 4.57 Å². The van der Waals surface area contributed by atoms with E-state index in [1.807, 2.05) is 6.07 Å². The number of piperidine rings is 1. The molecular weight excluding hydrogens is 516 g/mol. The number of alkyl halides is 2. The summed E-state index contributed by atoms with van der Waals surface area (Å²) < 4.78 is 35.2. The van der Waals surface area contributed by atoms with Gasteiger partial charge in [0, 0.05) is 38.3 Å². The van der Waals surface area contributed by atoms with Crippen LogP contribution in [-0.2, 0) is 4.74 Å². The van der Waals surface area contributed by atoms with E-state index in [2.05, 4.69) is 20.1 Å². The average Bonchev–Trinajstić information content (AvgIpc) is 3.41. The molecule has 0 radical (unpaired) electrons. The van der Waals surface area contributed by atoms with Crippen molar-refractivity contribution in [1.82, 2.24) is 24.4 Å². The van der Waals surface area contributed by atoms with E-state index in [9.17, 15) is 13.9 Å². The predicted molar refractivity (Wildman–Crippen MR) is 150 cm³/mol. The highest BCUT2D eigenvalue weighted by Gasteiger charge is 2.29. The van der Waals surface area contributed by atoms with Crippen molar-refractivity contribution in [3.63, 3.8) is 0 Å². The number of nitrogens with one attached hydrogen (secondary N) is 1. The standard InChI is InChI=1S/C29H39F2N7O2/c30-27(31)28-33-23-3-1-2-4-24(23)38(28)26-17-25(37-13-15-40-16-14-37)34-29(35-26)32-18-20-9-11-36(12-10-20)22-7-5-21(19-39)6-8-22/h1-4,17,20-22,27,39H,5-16,18-19H2,(H,32,34,35). The van der Waals surface area contributed by atoms with E-state index in [0.29, 0.717) is 79.4 Å². The third-order valence-corrected chi connectivity index (χ3v) is 8.83. The second-order valence-electron chi connectivity index (χ2n) is 11.3. The van der Waals surface area contributed by atoms with E-state index in [1.165, 1.54) is 17.4 Å². The molecule has 4 heterocycles. The van der Waals surface area contributed by atoms with Crippen LogP contribution in [-0.4, -0.2) is 88.1 Å². The van der Waals surface area contributed by atoms with E-state index in [0.717, 1.165) is 45.3 Å². The third-order valence-electron chi connectivity index (χ3n) is 8.83. The lowest BCUT2D eigenvalue weighted by atomic mass is 9.84. The number of halogens is 2. The number of rotatable bonds is 8. The number of imidazole rings is 1.